The minimum absolute atomic E-state index is 0.0979. The SMILES string of the molecule is CC1(C)S[C@@H]2[C@H](NC(=O)Cc3ccccc3)C(=O)N2[C@H]1C(=O)Oc1ccc([N+](=O)[O-])cc1[N+](=O)[O-]. The first-order valence-electron chi connectivity index (χ1n) is 10.5. The molecule has 0 saturated carbocycles. The normalized spacial score (nSPS) is 22.1. The van der Waals surface area contributed by atoms with Crippen LogP contribution in [0.4, 0.5) is 11.4 Å². The molecule has 2 saturated heterocycles. The number of thioether (sulfide) groups is 1. The van der Waals surface area contributed by atoms with E-state index in [1.807, 2.05) is 6.07 Å². The quantitative estimate of drug-likeness (QED) is 0.197. The van der Waals surface area contributed by atoms with Crippen LogP contribution in [-0.4, -0.2) is 54.7 Å². The van der Waals surface area contributed by atoms with Crippen molar-refractivity contribution < 1.29 is 29.0 Å². The number of rotatable bonds is 7. The number of hydrogen-bond acceptors (Lipinski definition) is 9. The molecule has 2 fully saturated rings. The second-order valence-electron chi connectivity index (χ2n) is 8.55. The monoisotopic (exact) mass is 500 g/mol. The molecule has 35 heavy (non-hydrogen) atoms. The maximum Gasteiger partial charge on any atom is 0.335 e. The third kappa shape index (κ3) is 4.54. The van der Waals surface area contributed by atoms with E-state index in [1.165, 1.54) is 16.7 Å². The van der Waals surface area contributed by atoms with Crippen LogP contribution < -0.4 is 10.1 Å². The topological polar surface area (TPSA) is 162 Å². The van der Waals surface area contributed by atoms with Gasteiger partial charge in [-0.1, -0.05) is 30.3 Å². The van der Waals surface area contributed by atoms with E-state index >= 15 is 0 Å². The van der Waals surface area contributed by atoms with Crippen LogP contribution in [0.2, 0.25) is 0 Å². The average molecular weight is 500 g/mol. The lowest BCUT2D eigenvalue weighted by Gasteiger charge is -2.43. The predicted molar refractivity (Wildman–Crippen MR) is 124 cm³/mol. The molecule has 182 valence electrons. The summed E-state index contributed by atoms with van der Waals surface area (Å²) >= 11 is 1.31. The van der Waals surface area contributed by atoms with Gasteiger partial charge in [-0.15, -0.1) is 11.8 Å². The molecular formula is C22H20N4O8S. The number of β-lactam (4-membered cyclic amide) rings is 1. The smallest absolute Gasteiger partial charge is 0.335 e. The number of nitrogens with one attached hydrogen (secondary N) is 1. The van der Waals surface area contributed by atoms with Crippen molar-refractivity contribution in [3.63, 3.8) is 0 Å². The fourth-order valence-electron chi connectivity index (χ4n) is 4.14. The first kappa shape index (κ1) is 24.1. The minimum Gasteiger partial charge on any atom is -0.418 e. The Hall–Kier alpha value is -4.00. The fourth-order valence-corrected chi connectivity index (χ4v) is 5.77. The third-order valence-corrected chi connectivity index (χ3v) is 7.32. The Morgan fingerprint density at radius 3 is 2.43 bits per heavy atom. The number of nitro benzene ring substituents is 2. The van der Waals surface area contributed by atoms with Crippen LogP contribution in [0.3, 0.4) is 0 Å². The molecule has 2 aromatic rings. The summed E-state index contributed by atoms with van der Waals surface area (Å²) in [6, 6.07) is 9.80. The number of fused-ring (bicyclic) bond motifs is 1. The highest BCUT2D eigenvalue weighted by Crippen LogP contribution is 2.51. The van der Waals surface area contributed by atoms with E-state index < -0.39 is 61.1 Å². The van der Waals surface area contributed by atoms with Gasteiger partial charge in [-0.2, -0.15) is 0 Å². The number of ether oxygens (including phenoxy) is 1. The van der Waals surface area contributed by atoms with Crippen molar-refractivity contribution in [1.29, 1.82) is 0 Å². The molecule has 4 rings (SSSR count). The van der Waals surface area contributed by atoms with Crippen molar-refractivity contribution in [3.05, 3.63) is 74.3 Å². The molecule has 2 aromatic carbocycles. The van der Waals surface area contributed by atoms with Gasteiger partial charge in [0.25, 0.3) is 5.69 Å². The Balaban J connectivity index is 1.48. The number of esters is 1. The fraction of sp³-hybridized carbons (Fsp3) is 0.318. The number of nitrogens with zero attached hydrogens (tertiary/aromatic N) is 3. The van der Waals surface area contributed by atoms with Gasteiger partial charge in [-0.05, 0) is 25.5 Å². The standard InChI is InChI=1S/C22H20N4O8S/c1-22(2)18(21(29)34-15-9-8-13(25(30)31)11-14(15)26(32)33)24-19(28)17(20(24)35-22)23-16(27)10-12-6-4-3-5-7-12/h3-9,11,17-18,20H,10H2,1-2H3,(H,23,27)/t17-,18+,20-/m1/s1. The maximum atomic E-state index is 13.1. The van der Waals surface area contributed by atoms with Crippen molar-refractivity contribution >= 4 is 40.9 Å². The highest BCUT2D eigenvalue weighted by atomic mass is 32.2. The van der Waals surface area contributed by atoms with Gasteiger partial charge in [-0.25, -0.2) is 4.79 Å². The predicted octanol–water partition coefficient (Wildman–Crippen LogP) is 2.20. The molecule has 2 amide bonds. The molecule has 2 heterocycles. The lowest BCUT2D eigenvalue weighted by molar-refractivity contribution is -0.394. The second-order valence-corrected chi connectivity index (χ2v) is 10.3. The van der Waals surface area contributed by atoms with Gasteiger partial charge in [0.05, 0.1) is 22.3 Å². The average Bonchev–Trinajstić information content (AvgIpc) is 3.06. The molecule has 0 unspecified atom stereocenters. The molecule has 0 radical (unpaired) electrons. The van der Waals surface area contributed by atoms with E-state index in [0.29, 0.717) is 6.07 Å². The van der Waals surface area contributed by atoms with Crippen LogP contribution in [0.1, 0.15) is 19.4 Å². The van der Waals surface area contributed by atoms with Gasteiger partial charge in [-0.3, -0.25) is 29.8 Å². The lowest BCUT2D eigenvalue weighted by atomic mass is 9.95. The zero-order chi connectivity index (χ0) is 25.5. The van der Waals surface area contributed by atoms with E-state index in [9.17, 15) is 34.6 Å². The Bertz CT molecular complexity index is 1240. The molecular weight excluding hydrogens is 480 g/mol. The summed E-state index contributed by atoms with van der Waals surface area (Å²) in [6.07, 6.45) is 0.0979. The molecule has 2 aliphatic heterocycles. The van der Waals surface area contributed by atoms with Crippen LogP contribution >= 0.6 is 11.8 Å². The Labute approximate surface area is 202 Å². The van der Waals surface area contributed by atoms with Gasteiger partial charge in [0.2, 0.25) is 17.6 Å². The highest BCUT2D eigenvalue weighted by Gasteiger charge is 2.64. The Morgan fingerprint density at radius 2 is 1.80 bits per heavy atom. The van der Waals surface area contributed by atoms with E-state index in [0.717, 1.165) is 17.7 Å². The van der Waals surface area contributed by atoms with Gasteiger partial charge in [0.1, 0.15) is 17.5 Å². The van der Waals surface area contributed by atoms with Gasteiger partial charge in [0, 0.05) is 10.8 Å². The van der Waals surface area contributed by atoms with Crippen LogP contribution in [0.25, 0.3) is 0 Å². The Kier molecular flexibility index (Phi) is 6.19. The van der Waals surface area contributed by atoms with E-state index in [-0.39, 0.29) is 12.3 Å². The first-order chi connectivity index (χ1) is 16.5. The van der Waals surface area contributed by atoms with E-state index in [4.69, 9.17) is 4.74 Å². The maximum absolute atomic E-state index is 13.1. The molecule has 12 nitrogen and oxygen atoms in total. The first-order valence-corrected chi connectivity index (χ1v) is 11.4. The summed E-state index contributed by atoms with van der Waals surface area (Å²) in [5, 5.41) is 24.5. The van der Waals surface area contributed by atoms with E-state index in [1.54, 1.807) is 38.1 Å². The molecule has 0 aliphatic carbocycles. The number of nitro groups is 2. The van der Waals surface area contributed by atoms with Crippen molar-refractivity contribution in [3.8, 4) is 5.75 Å². The number of non-ortho nitro benzene ring substituents is 1. The summed E-state index contributed by atoms with van der Waals surface area (Å²) in [6.45, 7) is 3.45. The molecule has 0 aromatic heterocycles. The van der Waals surface area contributed by atoms with Crippen LogP contribution in [0.15, 0.2) is 48.5 Å². The summed E-state index contributed by atoms with van der Waals surface area (Å²) in [4.78, 5) is 60.3. The van der Waals surface area contributed by atoms with Crippen LogP contribution in [-0.2, 0) is 20.8 Å². The summed E-state index contributed by atoms with van der Waals surface area (Å²) in [5.41, 5.74) is -0.479. The highest BCUT2D eigenvalue weighted by molar-refractivity contribution is 8.01. The zero-order valence-corrected chi connectivity index (χ0v) is 19.4. The molecule has 3 atom stereocenters. The van der Waals surface area contributed by atoms with Crippen molar-refractivity contribution in [2.75, 3.05) is 0 Å². The van der Waals surface area contributed by atoms with Crippen molar-refractivity contribution in [2.24, 2.45) is 0 Å². The van der Waals surface area contributed by atoms with Crippen LogP contribution in [0.5, 0.6) is 5.75 Å². The van der Waals surface area contributed by atoms with Gasteiger partial charge >= 0.3 is 11.7 Å². The number of benzene rings is 2. The minimum atomic E-state index is -1.08. The lowest BCUT2D eigenvalue weighted by Crippen LogP contribution is -2.71. The van der Waals surface area contributed by atoms with Gasteiger partial charge in [0.15, 0.2) is 0 Å². The molecule has 2 aliphatic rings. The Morgan fingerprint density at radius 1 is 1.11 bits per heavy atom. The van der Waals surface area contributed by atoms with Crippen LogP contribution in [0, 0.1) is 20.2 Å². The molecule has 0 bridgehead atoms. The largest absolute Gasteiger partial charge is 0.418 e. The van der Waals surface area contributed by atoms with Gasteiger partial charge < -0.3 is 15.0 Å². The van der Waals surface area contributed by atoms with Crippen molar-refractivity contribution in [2.45, 2.75) is 42.5 Å². The van der Waals surface area contributed by atoms with E-state index in [2.05, 4.69) is 5.32 Å². The zero-order valence-electron chi connectivity index (χ0n) is 18.6. The number of amides is 2. The molecule has 1 N–H and O–H groups in total. The number of hydrogen-bond donors (Lipinski definition) is 1. The molecule has 0 spiro atoms. The van der Waals surface area contributed by atoms with Crippen molar-refractivity contribution in [1.82, 2.24) is 10.2 Å². The third-order valence-electron chi connectivity index (χ3n) is 5.75. The molecule has 13 heteroatoms. The second kappa shape index (κ2) is 8.98. The summed E-state index contributed by atoms with van der Waals surface area (Å²) in [5.74, 6) is -2.17. The summed E-state index contributed by atoms with van der Waals surface area (Å²) in [7, 11) is 0. The number of carbonyl (C=O) groups excluding carboxylic acids is 3. The number of carbonyl (C=O) groups is 3. The summed E-state index contributed by atoms with van der Waals surface area (Å²) < 4.78 is 4.43.